The minimum absolute atomic E-state index is 0.145. The van der Waals surface area contributed by atoms with Gasteiger partial charge >= 0.3 is 0 Å². The fraction of sp³-hybridized carbons (Fsp3) is 0.143. The van der Waals surface area contributed by atoms with Crippen LogP contribution in [0.15, 0.2) is 42.5 Å². The molecule has 0 saturated carbocycles. The van der Waals surface area contributed by atoms with Crippen molar-refractivity contribution in [3.63, 3.8) is 0 Å². The third-order valence-electron chi connectivity index (χ3n) is 2.89. The average Bonchev–Trinajstić information content (AvgIpc) is 2.39. The van der Waals surface area contributed by atoms with Gasteiger partial charge in [-0.05, 0) is 64.4 Å². The van der Waals surface area contributed by atoms with Crippen molar-refractivity contribution in [1.82, 2.24) is 5.43 Å². The van der Waals surface area contributed by atoms with Gasteiger partial charge in [0.25, 0.3) is 0 Å². The molecule has 1 unspecified atom stereocenters. The standard InChI is InChI=1S/C14H13ClFIN2/c15-13-8-10(16)3-6-12(13)14(19-18)7-9-1-4-11(17)5-2-9/h1-6,8,14,19H,7,18H2. The first-order valence-corrected chi connectivity index (χ1v) is 7.21. The van der Waals surface area contributed by atoms with Gasteiger partial charge in [0.2, 0.25) is 0 Å². The first-order valence-electron chi connectivity index (χ1n) is 5.75. The molecule has 1 atom stereocenters. The van der Waals surface area contributed by atoms with E-state index in [0.717, 1.165) is 11.1 Å². The molecule has 19 heavy (non-hydrogen) atoms. The molecule has 2 aromatic rings. The Morgan fingerprint density at radius 3 is 2.47 bits per heavy atom. The van der Waals surface area contributed by atoms with E-state index in [1.165, 1.54) is 15.7 Å². The van der Waals surface area contributed by atoms with Crippen molar-refractivity contribution < 1.29 is 4.39 Å². The van der Waals surface area contributed by atoms with E-state index in [0.29, 0.717) is 11.4 Å². The molecule has 3 N–H and O–H groups in total. The summed E-state index contributed by atoms with van der Waals surface area (Å²) >= 11 is 8.31. The lowest BCUT2D eigenvalue weighted by Crippen LogP contribution is -2.29. The number of benzene rings is 2. The normalized spacial score (nSPS) is 12.4. The fourth-order valence-corrected chi connectivity index (χ4v) is 2.56. The van der Waals surface area contributed by atoms with Crippen LogP contribution in [-0.4, -0.2) is 0 Å². The van der Waals surface area contributed by atoms with Gasteiger partial charge in [0, 0.05) is 8.59 Å². The topological polar surface area (TPSA) is 38.0 Å². The van der Waals surface area contributed by atoms with Gasteiger partial charge in [0.1, 0.15) is 5.82 Å². The highest BCUT2D eigenvalue weighted by atomic mass is 127. The summed E-state index contributed by atoms with van der Waals surface area (Å²) < 4.78 is 14.2. The molecule has 0 heterocycles. The van der Waals surface area contributed by atoms with E-state index in [1.54, 1.807) is 6.07 Å². The van der Waals surface area contributed by atoms with E-state index in [1.807, 2.05) is 24.3 Å². The second-order valence-electron chi connectivity index (χ2n) is 4.22. The molecule has 0 saturated heterocycles. The largest absolute Gasteiger partial charge is 0.271 e. The van der Waals surface area contributed by atoms with Crippen molar-refractivity contribution >= 4 is 34.2 Å². The average molecular weight is 391 g/mol. The zero-order valence-electron chi connectivity index (χ0n) is 10.0. The van der Waals surface area contributed by atoms with E-state index in [9.17, 15) is 4.39 Å². The van der Waals surface area contributed by atoms with Crippen molar-refractivity contribution in [2.75, 3.05) is 0 Å². The highest BCUT2D eigenvalue weighted by molar-refractivity contribution is 14.1. The van der Waals surface area contributed by atoms with Gasteiger partial charge in [-0.3, -0.25) is 11.3 Å². The van der Waals surface area contributed by atoms with E-state index < -0.39 is 0 Å². The van der Waals surface area contributed by atoms with Crippen molar-refractivity contribution in [3.05, 3.63) is 68.0 Å². The number of hydrogen-bond acceptors (Lipinski definition) is 2. The van der Waals surface area contributed by atoms with Gasteiger partial charge < -0.3 is 0 Å². The SMILES string of the molecule is NNC(Cc1ccc(I)cc1)c1ccc(F)cc1Cl. The monoisotopic (exact) mass is 390 g/mol. The quantitative estimate of drug-likeness (QED) is 0.473. The number of hydrogen-bond donors (Lipinski definition) is 2. The molecule has 0 aliphatic carbocycles. The molecule has 0 aliphatic heterocycles. The molecule has 0 spiro atoms. The van der Waals surface area contributed by atoms with E-state index in [2.05, 4.69) is 28.0 Å². The lowest BCUT2D eigenvalue weighted by atomic mass is 9.99. The lowest BCUT2D eigenvalue weighted by Gasteiger charge is -2.18. The summed E-state index contributed by atoms with van der Waals surface area (Å²) in [6, 6.07) is 12.4. The van der Waals surface area contributed by atoms with Crippen LogP contribution in [0.4, 0.5) is 4.39 Å². The van der Waals surface area contributed by atoms with Crippen LogP contribution in [0, 0.1) is 9.39 Å². The van der Waals surface area contributed by atoms with Gasteiger partial charge in [0.05, 0.1) is 6.04 Å². The molecule has 0 bridgehead atoms. The predicted molar refractivity (Wildman–Crippen MR) is 84.3 cm³/mol. The lowest BCUT2D eigenvalue weighted by molar-refractivity contribution is 0.549. The number of hydrazine groups is 1. The van der Waals surface area contributed by atoms with Gasteiger partial charge in [-0.2, -0.15) is 0 Å². The number of rotatable bonds is 4. The minimum atomic E-state index is -0.348. The maximum atomic E-state index is 13.0. The predicted octanol–water partition coefficient (Wildman–Crippen LogP) is 3.83. The number of nitrogens with one attached hydrogen (secondary N) is 1. The molecule has 100 valence electrons. The van der Waals surface area contributed by atoms with Gasteiger partial charge in [-0.25, -0.2) is 4.39 Å². The first kappa shape index (κ1) is 14.7. The van der Waals surface area contributed by atoms with Crippen LogP contribution in [0.2, 0.25) is 5.02 Å². The van der Waals surface area contributed by atoms with Crippen LogP contribution in [0.3, 0.4) is 0 Å². The van der Waals surface area contributed by atoms with Crippen LogP contribution in [-0.2, 0) is 6.42 Å². The van der Waals surface area contributed by atoms with E-state index in [-0.39, 0.29) is 11.9 Å². The second kappa shape index (κ2) is 6.65. The maximum Gasteiger partial charge on any atom is 0.124 e. The Morgan fingerprint density at radius 1 is 1.21 bits per heavy atom. The Hall–Kier alpha value is -0.690. The van der Waals surface area contributed by atoms with Crippen molar-refractivity contribution in [3.8, 4) is 0 Å². The fourth-order valence-electron chi connectivity index (χ4n) is 1.90. The molecule has 5 heteroatoms. The summed E-state index contributed by atoms with van der Waals surface area (Å²) in [7, 11) is 0. The van der Waals surface area contributed by atoms with Gasteiger partial charge in [-0.1, -0.05) is 29.8 Å². The maximum absolute atomic E-state index is 13.0. The molecule has 2 rings (SSSR count). The third kappa shape index (κ3) is 3.89. The molecule has 0 fully saturated rings. The summed E-state index contributed by atoms with van der Waals surface area (Å²) in [6.07, 6.45) is 0.693. The van der Waals surface area contributed by atoms with Crippen molar-refractivity contribution in [1.29, 1.82) is 0 Å². The van der Waals surface area contributed by atoms with Crippen LogP contribution < -0.4 is 11.3 Å². The van der Waals surface area contributed by atoms with Crippen LogP contribution in [0.5, 0.6) is 0 Å². The Balaban J connectivity index is 2.22. The molecule has 0 aromatic heterocycles. The highest BCUT2D eigenvalue weighted by Gasteiger charge is 2.14. The summed E-state index contributed by atoms with van der Waals surface area (Å²) in [6.45, 7) is 0. The Bertz CT molecular complexity index is 560. The highest BCUT2D eigenvalue weighted by Crippen LogP contribution is 2.26. The zero-order chi connectivity index (χ0) is 13.8. The first-order chi connectivity index (χ1) is 9.10. The van der Waals surface area contributed by atoms with Crippen molar-refractivity contribution in [2.24, 2.45) is 5.84 Å². The molecule has 0 amide bonds. The number of halogens is 3. The van der Waals surface area contributed by atoms with Crippen molar-refractivity contribution in [2.45, 2.75) is 12.5 Å². The summed E-state index contributed by atoms with van der Waals surface area (Å²) in [5.41, 5.74) is 4.67. The summed E-state index contributed by atoms with van der Waals surface area (Å²) in [5.74, 6) is 5.24. The smallest absolute Gasteiger partial charge is 0.124 e. The van der Waals surface area contributed by atoms with Gasteiger partial charge in [0.15, 0.2) is 0 Å². The Kier molecular flexibility index (Phi) is 5.15. The third-order valence-corrected chi connectivity index (χ3v) is 3.94. The summed E-state index contributed by atoms with van der Waals surface area (Å²) in [5, 5.41) is 0.383. The van der Waals surface area contributed by atoms with Gasteiger partial charge in [-0.15, -0.1) is 0 Å². The van der Waals surface area contributed by atoms with Crippen LogP contribution in [0.1, 0.15) is 17.2 Å². The Labute approximate surface area is 130 Å². The van der Waals surface area contributed by atoms with Crippen LogP contribution in [0.25, 0.3) is 0 Å². The van der Waals surface area contributed by atoms with E-state index >= 15 is 0 Å². The molecule has 2 nitrogen and oxygen atoms in total. The Morgan fingerprint density at radius 2 is 1.89 bits per heavy atom. The molecule has 0 aliphatic rings. The van der Waals surface area contributed by atoms with E-state index in [4.69, 9.17) is 17.4 Å². The number of nitrogens with two attached hydrogens (primary N) is 1. The molecular formula is C14H13ClFIN2. The minimum Gasteiger partial charge on any atom is -0.271 e. The van der Waals surface area contributed by atoms with Crippen LogP contribution >= 0.6 is 34.2 Å². The molecule has 2 aromatic carbocycles. The molecular weight excluding hydrogens is 378 g/mol. The zero-order valence-corrected chi connectivity index (χ0v) is 13.0. The molecule has 0 radical (unpaired) electrons. The summed E-state index contributed by atoms with van der Waals surface area (Å²) in [4.78, 5) is 0. The second-order valence-corrected chi connectivity index (χ2v) is 5.87.